The summed E-state index contributed by atoms with van der Waals surface area (Å²) in [5.74, 6) is -0.849. The monoisotopic (exact) mass is 293 g/mol. The summed E-state index contributed by atoms with van der Waals surface area (Å²) in [5.41, 5.74) is 0.527. The summed E-state index contributed by atoms with van der Waals surface area (Å²) in [6.07, 6.45) is 2.73. The van der Waals surface area contributed by atoms with Gasteiger partial charge in [0.1, 0.15) is 5.75 Å². The van der Waals surface area contributed by atoms with Crippen LogP contribution in [0.3, 0.4) is 0 Å². The number of carboxylic acid groups (broad SMARTS) is 1. The summed E-state index contributed by atoms with van der Waals surface area (Å²) >= 11 is 0. The number of unbranched alkanes of at least 4 members (excludes halogenated alkanes) is 1. The fraction of sp³-hybridized carbons (Fsp3) is 0.500. The highest BCUT2D eigenvalue weighted by Crippen LogP contribution is 2.19. The first-order valence-electron chi connectivity index (χ1n) is 7.16. The van der Waals surface area contributed by atoms with Crippen LogP contribution < -0.4 is 10.1 Å². The van der Waals surface area contributed by atoms with E-state index < -0.39 is 12.0 Å². The number of carbonyl (C=O) groups is 2. The van der Waals surface area contributed by atoms with E-state index in [9.17, 15) is 14.7 Å². The third-order valence-corrected chi connectivity index (χ3v) is 3.42. The van der Waals surface area contributed by atoms with Crippen LogP contribution in [0.5, 0.6) is 5.75 Å². The van der Waals surface area contributed by atoms with Crippen LogP contribution >= 0.6 is 0 Å². The number of amides is 1. The van der Waals surface area contributed by atoms with Gasteiger partial charge in [0.2, 0.25) is 5.91 Å². The Morgan fingerprint density at radius 2 is 1.90 bits per heavy atom. The molecule has 1 aromatic carbocycles. The van der Waals surface area contributed by atoms with Crippen molar-refractivity contribution >= 4 is 11.9 Å². The lowest BCUT2D eigenvalue weighted by Crippen LogP contribution is -2.37. The summed E-state index contributed by atoms with van der Waals surface area (Å²) in [6.45, 7) is 3.87. The number of rotatable bonds is 8. The number of carboxylic acids is 1. The molecule has 0 aliphatic carbocycles. The third kappa shape index (κ3) is 5.10. The van der Waals surface area contributed by atoms with Gasteiger partial charge >= 0.3 is 5.97 Å². The van der Waals surface area contributed by atoms with Gasteiger partial charge in [0.05, 0.1) is 7.11 Å². The van der Waals surface area contributed by atoms with Crippen LogP contribution in [0.25, 0.3) is 0 Å². The van der Waals surface area contributed by atoms with Crippen molar-refractivity contribution in [2.45, 2.75) is 39.2 Å². The second kappa shape index (κ2) is 8.29. The average molecular weight is 293 g/mol. The predicted molar refractivity (Wildman–Crippen MR) is 80.2 cm³/mol. The second-order valence-corrected chi connectivity index (χ2v) is 5.10. The maximum Gasteiger partial charge on any atom is 0.330 e. The lowest BCUT2D eigenvalue weighted by atomic mass is 10.0. The van der Waals surface area contributed by atoms with Crippen LogP contribution in [0.15, 0.2) is 24.3 Å². The van der Waals surface area contributed by atoms with Crippen LogP contribution in [0, 0.1) is 5.92 Å². The van der Waals surface area contributed by atoms with Crippen LogP contribution in [0.4, 0.5) is 0 Å². The third-order valence-electron chi connectivity index (χ3n) is 3.42. The van der Waals surface area contributed by atoms with E-state index in [0.29, 0.717) is 11.3 Å². The first kappa shape index (κ1) is 17.0. The van der Waals surface area contributed by atoms with Crippen molar-refractivity contribution < 1.29 is 19.4 Å². The Bertz CT molecular complexity index is 470. The Morgan fingerprint density at radius 1 is 1.29 bits per heavy atom. The molecule has 0 aromatic heterocycles. The minimum atomic E-state index is -1.07. The van der Waals surface area contributed by atoms with Gasteiger partial charge in [-0.3, -0.25) is 4.79 Å². The zero-order valence-corrected chi connectivity index (χ0v) is 12.8. The lowest BCUT2D eigenvalue weighted by molar-refractivity contribution is -0.142. The molecule has 0 saturated heterocycles. The van der Waals surface area contributed by atoms with Crippen molar-refractivity contribution in [3.8, 4) is 5.75 Å². The van der Waals surface area contributed by atoms with Gasteiger partial charge in [-0.25, -0.2) is 4.79 Å². The van der Waals surface area contributed by atoms with Crippen molar-refractivity contribution in [2.24, 2.45) is 5.92 Å². The normalized spacial score (nSPS) is 13.3. The molecule has 1 aromatic rings. The molecule has 0 fully saturated rings. The summed E-state index contributed by atoms with van der Waals surface area (Å²) in [7, 11) is 1.54. The number of benzene rings is 1. The second-order valence-electron chi connectivity index (χ2n) is 5.10. The van der Waals surface area contributed by atoms with Crippen LogP contribution in [0.2, 0.25) is 0 Å². The summed E-state index contributed by atoms with van der Waals surface area (Å²) < 4.78 is 5.04. The van der Waals surface area contributed by atoms with E-state index in [1.54, 1.807) is 31.4 Å². The van der Waals surface area contributed by atoms with Gasteiger partial charge in [0.25, 0.3) is 0 Å². The molecule has 0 aliphatic heterocycles. The minimum Gasteiger partial charge on any atom is -0.497 e. The molecule has 0 radical (unpaired) electrons. The summed E-state index contributed by atoms with van der Waals surface area (Å²) in [5, 5.41) is 11.9. The number of hydrogen-bond acceptors (Lipinski definition) is 3. The first-order chi connectivity index (χ1) is 9.99. The zero-order chi connectivity index (χ0) is 15.8. The molecule has 2 N–H and O–H groups in total. The van der Waals surface area contributed by atoms with Crippen LogP contribution in [0.1, 0.15) is 44.7 Å². The topological polar surface area (TPSA) is 75.6 Å². The molecule has 1 amide bonds. The van der Waals surface area contributed by atoms with E-state index in [1.165, 1.54) is 0 Å². The molecule has 2 atom stereocenters. The standard InChI is InChI=1S/C16H23NO4/c1-4-5-6-11(2)15(18)17-14(16(19)20)12-7-9-13(21-3)10-8-12/h7-11,14H,4-6H2,1-3H3,(H,17,18)(H,19,20). The van der Waals surface area contributed by atoms with Gasteiger partial charge in [0, 0.05) is 5.92 Å². The van der Waals surface area contributed by atoms with E-state index in [1.807, 2.05) is 6.92 Å². The fourth-order valence-corrected chi connectivity index (χ4v) is 2.01. The van der Waals surface area contributed by atoms with Gasteiger partial charge < -0.3 is 15.2 Å². The van der Waals surface area contributed by atoms with Crippen LogP contribution in [-0.4, -0.2) is 24.1 Å². The first-order valence-corrected chi connectivity index (χ1v) is 7.16. The van der Waals surface area contributed by atoms with Crippen LogP contribution in [-0.2, 0) is 9.59 Å². The molecule has 0 heterocycles. The molecule has 0 saturated carbocycles. The zero-order valence-electron chi connectivity index (χ0n) is 12.8. The van der Waals surface area contributed by atoms with Gasteiger partial charge in [-0.2, -0.15) is 0 Å². The molecule has 0 bridgehead atoms. The quantitative estimate of drug-likeness (QED) is 0.772. The molecule has 21 heavy (non-hydrogen) atoms. The lowest BCUT2D eigenvalue weighted by Gasteiger charge is -2.18. The highest BCUT2D eigenvalue weighted by molar-refractivity contribution is 5.85. The van der Waals surface area contributed by atoms with E-state index in [2.05, 4.69) is 12.2 Å². The van der Waals surface area contributed by atoms with Crippen molar-refractivity contribution in [1.29, 1.82) is 0 Å². The Hall–Kier alpha value is -2.04. The summed E-state index contributed by atoms with van der Waals surface area (Å²) in [4.78, 5) is 23.4. The SMILES string of the molecule is CCCCC(C)C(=O)NC(C(=O)O)c1ccc(OC)cc1. The number of nitrogens with one attached hydrogen (secondary N) is 1. The van der Waals surface area contributed by atoms with E-state index in [-0.39, 0.29) is 11.8 Å². The number of ether oxygens (including phenoxy) is 1. The van der Waals surface area contributed by atoms with Gasteiger partial charge in [-0.05, 0) is 24.1 Å². The maximum atomic E-state index is 12.1. The molecule has 2 unspecified atom stereocenters. The van der Waals surface area contributed by atoms with Crippen molar-refractivity contribution in [3.05, 3.63) is 29.8 Å². The molecule has 116 valence electrons. The fourth-order valence-electron chi connectivity index (χ4n) is 2.01. The number of methoxy groups -OCH3 is 1. The number of aliphatic carboxylic acids is 1. The molecule has 0 aliphatic rings. The van der Waals surface area contributed by atoms with Crippen molar-refractivity contribution in [1.82, 2.24) is 5.32 Å². The Labute approximate surface area is 125 Å². The molecule has 5 heteroatoms. The maximum absolute atomic E-state index is 12.1. The van der Waals surface area contributed by atoms with Crippen molar-refractivity contribution in [3.63, 3.8) is 0 Å². The number of hydrogen-bond donors (Lipinski definition) is 2. The Balaban J connectivity index is 2.77. The molecular formula is C16H23NO4. The molecule has 0 spiro atoms. The Kier molecular flexibility index (Phi) is 6.72. The largest absolute Gasteiger partial charge is 0.497 e. The van der Waals surface area contributed by atoms with E-state index in [0.717, 1.165) is 19.3 Å². The summed E-state index contributed by atoms with van der Waals surface area (Å²) in [6, 6.07) is 5.62. The smallest absolute Gasteiger partial charge is 0.330 e. The average Bonchev–Trinajstić information content (AvgIpc) is 2.49. The highest BCUT2D eigenvalue weighted by atomic mass is 16.5. The highest BCUT2D eigenvalue weighted by Gasteiger charge is 2.24. The molecular weight excluding hydrogens is 270 g/mol. The van der Waals surface area contributed by atoms with Crippen molar-refractivity contribution in [2.75, 3.05) is 7.11 Å². The molecule has 1 rings (SSSR count). The minimum absolute atomic E-state index is 0.190. The van der Waals surface area contributed by atoms with Gasteiger partial charge in [-0.1, -0.05) is 38.8 Å². The molecule has 5 nitrogen and oxygen atoms in total. The van der Waals surface area contributed by atoms with Gasteiger partial charge in [0.15, 0.2) is 6.04 Å². The number of carbonyl (C=O) groups excluding carboxylic acids is 1. The Morgan fingerprint density at radius 3 is 2.38 bits per heavy atom. The van der Waals surface area contributed by atoms with E-state index >= 15 is 0 Å². The van der Waals surface area contributed by atoms with Gasteiger partial charge in [-0.15, -0.1) is 0 Å². The predicted octanol–water partition coefficient (Wildman–Crippen LogP) is 2.76. The van der Waals surface area contributed by atoms with E-state index in [4.69, 9.17) is 4.74 Å².